The minimum absolute atomic E-state index is 0.844. The Hall–Kier alpha value is -1.55. The first-order chi connectivity index (χ1) is 5.93. The Balaban J connectivity index is 2.38. The normalized spacial score (nSPS) is 14.7. The predicted octanol–water partition coefficient (Wildman–Crippen LogP) is 0.764. The fraction of sp³-hybridized carbons (Fsp3) is 0.125. The number of rotatable bonds is 0. The van der Waals surface area contributed by atoms with Gasteiger partial charge in [-0.25, -0.2) is 10.4 Å². The minimum atomic E-state index is 0.844. The molecule has 0 saturated carbocycles. The maximum Gasteiger partial charge on any atom is 0.148 e. The Morgan fingerprint density at radius 1 is 1.50 bits per heavy atom. The van der Waals surface area contributed by atoms with Gasteiger partial charge in [0.1, 0.15) is 11.5 Å². The van der Waals surface area contributed by atoms with Crippen molar-refractivity contribution in [2.24, 2.45) is 0 Å². The van der Waals surface area contributed by atoms with Crippen molar-refractivity contribution in [1.29, 1.82) is 0 Å². The second kappa shape index (κ2) is 1.98. The lowest BCUT2D eigenvalue weighted by Gasteiger charge is -1.98. The van der Waals surface area contributed by atoms with Crippen LogP contribution in [0.15, 0.2) is 24.5 Å². The van der Waals surface area contributed by atoms with Gasteiger partial charge in [-0.3, -0.25) is 0 Å². The summed E-state index contributed by atoms with van der Waals surface area (Å²) in [5, 5.41) is 0. The summed E-state index contributed by atoms with van der Waals surface area (Å²) in [6.45, 7) is 0.844. The lowest BCUT2D eigenvalue weighted by atomic mass is 10.3. The predicted molar refractivity (Wildman–Crippen MR) is 45.7 cm³/mol. The molecule has 0 saturated heterocycles. The molecule has 3 heterocycles. The minimum Gasteiger partial charge on any atom is -0.308 e. The van der Waals surface area contributed by atoms with Crippen LogP contribution in [0, 0.1) is 0 Å². The molecule has 0 aliphatic carbocycles. The van der Waals surface area contributed by atoms with Crippen molar-refractivity contribution in [3.05, 3.63) is 30.1 Å². The number of hydrogen-bond donors (Lipinski definition) is 2. The Morgan fingerprint density at radius 3 is 3.50 bits per heavy atom. The summed E-state index contributed by atoms with van der Waals surface area (Å²) in [6.07, 6.45) is 4.09. The van der Waals surface area contributed by atoms with E-state index in [9.17, 15) is 0 Å². The first kappa shape index (κ1) is 6.02. The first-order valence-electron chi connectivity index (χ1n) is 3.89. The maximum atomic E-state index is 4.41. The smallest absolute Gasteiger partial charge is 0.148 e. The van der Waals surface area contributed by atoms with Gasteiger partial charge in [-0.15, -0.1) is 0 Å². The molecule has 12 heavy (non-hydrogen) atoms. The van der Waals surface area contributed by atoms with E-state index >= 15 is 0 Å². The van der Waals surface area contributed by atoms with Crippen molar-refractivity contribution in [3.8, 4) is 0 Å². The average Bonchev–Trinajstić information content (AvgIpc) is 2.64. The molecule has 0 aromatic carbocycles. The third-order valence-electron chi connectivity index (χ3n) is 2.07. The van der Waals surface area contributed by atoms with Crippen LogP contribution in [0.25, 0.3) is 5.65 Å². The molecule has 60 valence electrons. The van der Waals surface area contributed by atoms with Gasteiger partial charge in [0, 0.05) is 24.5 Å². The molecule has 1 aliphatic rings. The number of hydrazine groups is 1. The summed E-state index contributed by atoms with van der Waals surface area (Å²) in [7, 11) is 0. The lowest BCUT2D eigenvalue weighted by Crippen LogP contribution is -2.11. The van der Waals surface area contributed by atoms with Crippen LogP contribution in [0.3, 0.4) is 0 Å². The number of aromatic nitrogens is 2. The summed E-state index contributed by atoms with van der Waals surface area (Å²) < 4.78 is 2.02. The van der Waals surface area contributed by atoms with Crippen LogP contribution >= 0.6 is 0 Å². The second-order valence-electron chi connectivity index (χ2n) is 2.87. The fourth-order valence-electron chi connectivity index (χ4n) is 1.46. The number of fused-ring (bicyclic) bond motifs is 2. The van der Waals surface area contributed by atoms with Gasteiger partial charge in [-0.1, -0.05) is 0 Å². The van der Waals surface area contributed by atoms with E-state index in [1.807, 2.05) is 22.7 Å². The number of nitrogens with zero attached hydrogens (tertiary/aromatic N) is 2. The van der Waals surface area contributed by atoms with E-state index in [1.54, 1.807) is 0 Å². The van der Waals surface area contributed by atoms with Crippen molar-refractivity contribution in [3.63, 3.8) is 0 Å². The molecule has 0 unspecified atom stereocenters. The Morgan fingerprint density at radius 2 is 2.50 bits per heavy atom. The Labute approximate surface area is 69.2 Å². The van der Waals surface area contributed by atoms with Crippen LogP contribution in [-0.2, 0) is 6.54 Å². The molecule has 2 aromatic rings. The largest absolute Gasteiger partial charge is 0.308 e. The van der Waals surface area contributed by atoms with Gasteiger partial charge >= 0.3 is 0 Å². The van der Waals surface area contributed by atoms with Crippen molar-refractivity contribution in [2.75, 3.05) is 5.43 Å². The molecular formula is C8H8N4. The second-order valence-corrected chi connectivity index (χ2v) is 2.87. The van der Waals surface area contributed by atoms with E-state index < -0.39 is 0 Å². The van der Waals surface area contributed by atoms with Gasteiger partial charge in [0.05, 0.1) is 0 Å². The summed E-state index contributed by atoms with van der Waals surface area (Å²) in [5.41, 5.74) is 8.22. The average molecular weight is 160 g/mol. The van der Waals surface area contributed by atoms with Crippen LogP contribution in [0.4, 0.5) is 5.82 Å². The molecular weight excluding hydrogens is 152 g/mol. The van der Waals surface area contributed by atoms with E-state index in [0.29, 0.717) is 0 Å². The van der Waals surface area contributed by atoms with Crippen LogP contribution in [0.2, 0.25) is 0 Å². The van der Waals surface area contributed by atoms with Crippen LogP contribution < -0.4 is 10.9 Å². The van der Waals surface area contributed by atoms with Crippen molar-refractivity contribution >= 4 is 11.5 Å². The van der Waals surface area contributed by atoms with E-state index in [1.165, 1.54) is 5.56 Å². The Bertz CT molecular complexity index is 394. The summed E-state index contributed by atoms with van der Waals surface area (Å²) >= 11 is 0. The van der Waals surface area contributed by atoms with Gasteiger partial charge in [-0.05, 0) is 12.1 Å². The van der Waals surface area contributed by atoms with Crippen LogP contribution in [-0.4, -0.2) is 9.38 Å². The van der Waals surface area contributed by atoms with Crippen molar-refractivity contribution in [1.82, 2.24) is 14.8 Å². The summed E-state index contributed by atoms with van der Waals surface area (Å²) in [4.78, 5) is 4.41. The highest BCUT2D eigenvalue weighted by atomic mass is 15.4. The van der Waals surface area contributed by atoms with Crippen molar-refractivity contribution in [2.45, 2.75) is 6.54 Å². The number of nitrogens with one attached hydrogen (secondary N) is 2. The van der Waals surface area contributed by atoms with Crippen molar-refractivity contribution < 1.29 is 0 Å². The molecule has 0 spiro atoms. The zero-order valence-electron chi connectivity index (χ0n) is 6.41. The topological polar surface area (TPSA) is 41.4 Å². The van der Waals surface area contributed by atoms with Gasteiger partial charge < -0.3 is 9.83 Å². The molecule has 2 aromatic heterocycles. The summed E-state index contributed by atoms with van der Waals surface area (Å²) in [5.74, 6) is 0.946. The molecule has 0 amide bonds. The highest BCUT2D eigenvalue weighted by molar-refractivity contribution is 5.53. The van der Waals surface area contributed by atoms with Gasteiger partial charge in [0.2, 0.25) is 0 Å². The fourth-order valence-corrected chi connectivity index (χ4v) is 1.46. The molecule has 4 heteroatoms. The first-order valence-corrected chi connectivity index (χ1v) is 3.89. The van der Waals surface area contributed by atoms with E-state index in [4.69, 9.17) is 0 Å². The Kier molecular flexibility index (Phi) is 0.995. The molecule has 1 aliphatic heterocycles. The molecule has 0 radical (unpaired) electrons. The van der Waals surface area contributed by atoms with Gasteiger partial charge in [-0.2, -0.15) is 0 Å². The standard InChI is InChI=1S/C8H8N4/c1-2-7-10-8-6(4-9-11-8)5-12(7)3-1/h1-3,5,9H,4H2,(H,10,11). The summed E-state index contributed by atoms with van der Waals surface area (Å²) in [6, 6.07) is 3.98. The zero-order chi connectivity index (χ0) is 7.97. The molecule has 0 atom stereocenters. The molecule has 4 nitrogen and oxygen atoms in total. The van der Waals surface area contributed by atoms with Crippen LogP contribution in [0.5, 0.6) is 0 Å². The van der Waals surface area contributed by atoms with Crippen LogP contribution in [0.1, 0.15) is 5.56 Å². The SMILES string of the molecule is c1cc2nc3c(cn2c1)CNN3. The monoisotopic (exact) mass is 160 g/mol. The van der Waals surface area contributed by atoms with Gasteiger partial charge in [0.25, 0.3) is 0 Å². The van der Waals surface area contributed by atoms with E-state index in [-0.39, 0.29) is 0 Å². The highest BCUT2D eigenvalue weighted by Crippen LogP contribution is 2.17. The third-order valence-corrected chi connectivity index (χ3v) is 2.07. The number of anilines is 1. The zero-order valence-corrected chi connectivity index (χ0v) is 6.41. The molecule has 2 N–H and O–H groups in total. The highest BCUT2D eigenvalue weighted by Gasteiger charge is 2.11. The molecule has 0 bridgehead atoms. The van der Waals surface area contributed by atoms with E-state index in [0.717, 1.165) is 18.0 Å². The maximum absolute atomic E-state index is 4.41. The molecule has 3 rings (SSSR count). The lowest BCUT2D eigenvalue weighted by molar-refractivity contribution is 0.856. The molecule has 0 fully saturated rings. The van der Waals surface area contributed by atoms with E-state index in [2.05, 4.69) is 22.0 Å². The van der Waals surface area contributed by atoms with Gasteiger partial charge in [0.15, 0.2) is 0 Å². The quantitative estimate of drug-likeness (QED) is 0.598. The number of hydrogen-bond acceptors (Lipinski definition) is 3. The third kappa shape index (κ3) is 0.670.